The van der Waals surface area contributed by atoms with Gasteiger partial charge in [-0.3, -0.25) is 4.79 Å². The Morgan fingerprint density at radius 3 is 2.15 bits per heavy atom. The number of carbonyl (C=O) groups excluding carboxylic acids is 1. The fraction of sp³-hybridized carbons (Fsp3) is 0.941. The molecule has 0 radical (unpaired) electrons. The molecule has 0 aromatic heterocycles. The van der Waals surface area contributed by atoms with Crippen LogP contribution in [0.25, 0.3) is 0 Å². The van der Waals surface area contributed by atoms with E-state index in [1.165, 1.54) is 19.3 Å². The molecule has 3 nitrogen and oxygen atoms in total. The van der Waals surface area contributed by atoms with E-state index in [1.54, 1.807) is 0 Å². The summed E-state index contributed by atoms with van der Waals surface area (Å²) in [5.74, 6) is 1.26. The minimum Gasteiger partial charge on any atom is -0.378 e. The van der Waals surface area contributed by atoms with Gasteiger partial charge in [-0.05, 0) is 55.3 Å². The summed E-state index contributed by atoms with van der Waals surface area (Å²) in [5.41, 5.74) is 0.826. The van der Waals surface area contributed by atoms with Crippen LogP contribution in [0.2, 0.25) is 0 Å². The van der Waals surface area contributed by atoms with Gasteiger partial charge in [0.15, 0.2) is 0 Å². The van der Waals surface area contributed by atoms with Crippen molar-refractivity contribution in [3.05, 3.63) is 0 Å². The summed E-state index contributed by atoms with van der Waals surface area (Å²) in [4.78, 5) is 15.3. The van der Waals surface area contributed by atoms with Crippen LogP contribution in [-0.2, 0) is 9.53 Å². The maximum Gasteiger partial charge on any atom is 0.228 e. The highest BCUT2D eigenvalue weighted by Gasteiger charge is 2.63. The molecule has 112 valence electrons. The minimum absolute atomic E-state index is 0.0275. The summed E-state index contributed by atoms with van der Waals surface area (Å²) >= 11 is 0. The third kappa shape index (κ3) is 1.85. The van der Waals surface area contributed by atoms with Gasteiger partial charge in [0, 0.05) is 13.1 Å². The Hall–Kier alpha value is -0.570. The molecule has 5 aliphatic rings. The van der Waals surface area contributed by atoms with E-state index >= 15 is 0 Å². The molecular formula is C17H27NO2. The normalized spacial score (nSPS) is 50.5. The predicted octanol–water partition coefficient (Wildman–Crippen LogP) is 2.84. The van der Waals surface area contributed by atoms with E-state index in [2.05, 4.69) is 18.7 Å². The van der Waals surface area contributed by atoms with Gasteiger partial charge in [-0.2, -0.15) is 0 Å². The molecule has 4 saturated carbocycles. The number of nitrogens with zero attached hydrogens (tertiary/aromatic N) is 1. The molecule has 4 atom stereocenters. The van der Waals surface area contributed by atoms with E-state index in [0.717, 1.165) is 51.5 Å². The van der Waals surface area contributed by atoms with Gasteiger partial charge in [-0.1, -0.05) is 13.8 Å². The summed E-state index contributed by atoms with van der Waals surface area (Å²) in [6, 6.07) is 0. The van der Waals surface area contributed by atoms with Crippen LogP contribution in [0, 0.1) is 22.2 Å². The average Bonchev–Trinajstić information content (AvgIpc) is 2.34. The number of amides is 1. The molecule has 0 N–H and O–H groups in total. The first-order valence-electron chi connectivity index (χ1n) is 8.29. The summed E-state index contributed by atoms with van der Waals surface area (Å²) in [6.45, 7) is 7.94. The average molecular weight is 277 g/mol. The van der Waals surface area contributed by atoms with Crippen molar-refractivity contribution < 1.29 is 9.53 Å². The van der Waals surface area contributed by atoms with E-state index in [1.807, 2.05) is 0 Å². The van der Waals surface area contributed by atoms with Crippen LogP contribution < -0.4 is 0 Å². The van der Waals surface area contributed by atoms with Crippen LogP contribution in [0.15, 0.2) is 0 Å². The lowest BCUT2D eigenvalue weighted by atomic mass is 9.40. The second-order valence-corrected chi connectivity index (χ2v) is 8.81. The van der Waals surface area contributed by atoms with Crippen LogP contribution >= 0.6 is 0 Å². The number of hydrogen-bond donors (Lipinski definition) is 0. The number of ether oxygens (including phenoxy) is 1. The van der Waals surface area contributed by atoms with E-state index in [-0.39, 0.29) is 5.41 Å². The van der Waals surface area contributed by atoms with E-state index in [9.17, 15) is 4.79 Å². The van der Waals surface area contributed by atoms with Crippen LogP contribution in [0.3, 0.4) is 0 Å². The molecule has 1 heterocycles. The quantitative estimate of drug-likeness (QED) is 0.737. The Bertz CT molecular complexity index is 422. The number of hydrogen-bond acceptors (Lipinski definition) is 2. The van der Waals surface area contributed by atoms with Gasteiger partial charge in [0.2, 0.25) is 5.91 Å². The van der Waals surface area contributed by atoms with Crippen LogP contribution in [0.1, 0.15) is 52.4 Å². The van der Waals surface area contributed by atoms with E-state index < -0.39 is 0 Å². The van der Waals surface area contributed by atoms with E-state index in [0.29, 0.717) is 16.7 Å². The molecule has 4 bridgehead atoms. The Morgan fingerprint density at radius 2 is 1.60 bits per heavy atom. The molecule has 0 spiro atoms. The Kier molecular flexibility index (Phi) is 2.62. The monoisotopic (exact) mass is 277 g/mol. The van der Waals surface area contributed by atoms with Gasteiger partial charge in [0.05, 0.1) is 18.6 Å². The van der Waals surface area contributed by atoms with Crippen molar-refractivity contribution >= 4 is 5.91 Å². The third-order valence-corrected chi connectivity index (χ3v) is 6.38. The van der Waals surface area contributed by atoms with Gasteiger partial charge < -0.3 is 9.64 Å². The smallest absolute Gasteiger partial charge is 0.228 e. The SMILES string of the molecule is C[C@]12CC3CC(C(=O)N4CCOCC4)(C1)C[C@@](C)(C3)C2. The van der Waals surface area contributed by atoms with Crippen LogP contribution in [0.4, 0.5) is 0 Å². The van der Waals surface area contributed by atoms with Gasteiger partial charge >= 0.3 is 0 Å². The lowest BCUT2D eigenvalue weighted by molar-refractivity contribution is -0.182. The second kappa shape index (κ2) is 4.00. The zero-order valence-electron chi connectivity index (χ0n) is 12.9. The molecule has 20 heavy (non-hydrogen) atoms. The lowest BCUT2D eigenvalue weighted by Gasteiger charge is -2.65. The summed E-state index contributed by atoms with van der Waals surface area (Å²) < 4.78 is 5.41. The predicted molar refractivity (Wildman–Crippen MR) is 77.2 cm³/mol. The molecule has 4 aliphatic carbocycles. The maximum atomic E-state index is 13.2. The minimum atomic E-state index is -0.0275. The molecule has 0 aromatic rings. The number of rotatable bonds is 1. The summed E-state index contributed by atoms with van der Waals surface area (Å²) in [6.07, 6.45) is 7.51. The Balaban J connectivity index is 1.64. The zero-order valence-corrected chi connectivity index (χ0v) is 12.9. The molecular weight excluding hydrogens is 250 g/mol. The molecule has 1 amide bonds. The second-order valence-electron chi connectivity index (χ2n) is 8.81. The van der Waals surface area contributed by atoms with Crippen molar-refractivity contribution in [1.29, 1.82) is 0 Å². The zero-order chi connectivity index (χ0) is 14.0. The molecule has 5 fully saturated rings. The molecule has 0 aromatic carbocycles. The fourth-order valence-electron chi connectivity index (χ4n) is 6.79. The first-order valence-corrected chi connectivity index (χ1v) is 8.29. The van der Waals surface area contributed by atoms with Crippen molar-refractivity contribution in [2.24, 2.45) is 22.2 Å². The number of carbonyl (C=O) groups is 1. The fourth-order valence-corrected chi connectivity index (χ4v) is 6.79. The lowest BCUT2D eigenvalue weighted by Crippen LogP contribution is -2.61. The molecule has 1 saturated heterocycles. The molecule has 5 rings (SSSR count). The van der Waals surface area contributed by atoms with Crippen molar-refractivity contribution in [1.82, 2.24) is 4.90 Å². The molecule has 1 aliphatic heterocycles. The van der Waals surface area contributed by atoms with Crippen molar-refractivity contribution in [3.8, 4) is 0 Å². The van der Waals surface area contributed by atoms with Gasteiger partial charge in [-0.15, -0.1) is 0 Å². The summed E-state index contributed by atoms with van der Waals surface area (Å²) in [5, 5.41) is 0. The van der Waals surface area contributed by atoms with Crippen molar-refractivity contribution in [3.63, 3.8) is 0 Å². The van der Waals surface area contributed by atoms with Crippen LogP contribution in [-0.4, -0.2) is 37.1 Å². The summed E-state index contributed by atoms with van der Waals surface area (Å²) in [7, 11) is 0. The maximum absolute atomic E-state index is 13.2. The van der Waals surface area contributed by atoms with Gasteiger partial charge in [0.25, 0.3) is 0 Å². The standard InChI is InChI=1S/C17H27NO2/c1-15-7-13-8-16(2,10-15)12-17(9-13,11-15)14(19)18-3-5-20-6-4-18/h13H,3-12H2,1-2H3/t13?,15-,16+,17?. The van der Waals surface area contributed by atoms with E-state index in [4.69, 9.17) is 4.74 Å². The van der Waals surface area contributed by atoms with Gasteiger partial charge in [-0.25, -0.2) is 0 Å². The topological polar surface area (TPSA) is 29.5 Å². The van der Waals surface area contributed by atoms with Crippen LogP contribution in [0.5, 0.6) is 0 Å². The largest absolute Gasteiger partial charge is 0.378 e. The number of morpholine rings is 1. The highest BCUT2D eigenvalue weighted by molar-refractivity contribution is 5.83. The third-order valence-electron chi connectivity index (χ3n) is 6.38. The Labute approximate surface area is 122 Å². The molecule has 3 heteroatoms. The van der Waals surface area contributed by atoms with Gasteiger partial charge in [0.1, 0.15) is 0 Å². The highest BCUT2D eigenvalue weighted by atomic mass is 16.5. The van der Waals surface area contributed by atoms with Crippen molar-refractivity contribution in [2.75, 3.05) is 26.3 Å². The first kappa shape index (κ1) is 13.1. The molecule has 2 unspecified atom stereocenters. The first-order chi connectivity index (χ1) is 9.42. The van der Waals surface area contributed by atoms with Crippen molar-refractivity contribution in [2.45, 2.75) is 52.4 Å². The highest BCUT2D eigenvalue weighted by Crippen LogP contribution is 2.69. The Morgan fingerprint density at radius 1 is 1.00 bits per heavy atom.